The van der Waals surface area contributed by atoms with Gasteiger partial charge in [-0.3, -0.25) is 14.5 Å². The van der Waals surface area contributed by atoms with E-state index in [4.69, 9.17) is 4.74 Å². The van der Waals surface area contributed by atoms with Gasteiger partial charge in [0, 0.05) is 31.9 Å². The molecule has 3 rings (SSSR count). The summed E-state index contributed by atoms with van der Waals surface area (Å²) in [6.45, 7) is 6.64. The first kappa shape index (κ1) is 19.9. The summed E-state index contributed by atoms with van der Waals surface area (Å²) in [5.74, 6) is 0.647. The molecule has 0 aliphatic carbocycles. The lowest BCUT2D eigenvalue weighted by atomic mass is 10.2. The molecular formula is C22H27N3O3. The smallest absolute Gasteiger partial charge is 0.263 e. The molecule has 148 valence electrons. The minimum Gasteiger partial charge on any atom is -0.481 e. The predicted octanol–water partition coefficient (Wildman–Crippen LogP) is 2.55. The second-order valence-corrected chi connectivity index (χ2v) is 7.09. The summed E-state index contributed by atoms with van der Waals surface area (Å²) < 4.78 is 5.80. The average molecular weight is 381 g/mol. The largest absolute Gasteiger partial charge is 0.481 e. The summed E-state index contributed by atoms with van der Waals surface area (Å²) >= 11 is 0. The minimum absolute atomic E-state index is 0.0186. The highest BCUT2D eigenvalue weighted by molar-refractivity contribution is 5.92. The Bertz CT molecular complexity index is 802. The van der Waals surface area contributed by atoms with Crippen molar-refractivity contribution in [2.24, 2.45) is 0 Å². The number of anilines is 1. The molecule has 1 N–H and O–H groups in total. The van der Waals surface area contributed by atoms with Gasteiger partial charge in [0.25, 0.3) is 5.91 Å². The Morgan fingerprint density at radius 2 is 1.75 bits per heavy atom. The van der Waals surface area contributed by atoms with E-state index in [0.29, 0.717) is 38.5 Å². The maximum atomic E-state index is 12.7. The van der Waals surface area contributed by atoms with E-state index < -0.39 is 6.10 Å². The molecule has 2 aromatic carbocycles. The van der Waals surface area contributed by atoms with Gasteiger partial charge in [0.1, 0.15) is 5.75 Å². The fraction of sp³-hybridized carbons (Fsp3) is 0.364. The van der Waals surface area contributed by atoms with Gasteiger partial charge in [-0.1, -0.05) is 30.3 Å². The number of hydrogen-bond donors (Lipinski definition) is 1. The molecule has 1 aliphatic heterocycles. The number of amides is 2. The van der Waals surface area contributed by atoms with E-state index in [9.17, 15) is 9.59 Å². The molecule has 28 heavy (non-hydrogen) atoms. The monoisotopic (exact) mass is 381 g/mol. The van der Waals surface area contributed by atoms with Crippen molar-refractivity contribution in [1.29, 1.82) is 0 Å². The van der Waals surface area contributed by atoms with Gasteiger partial charge in [-0.15, -0.1) is 0 Å². The Kier molecular flexibility index (Phi) is 6.66. The molecule has 1 atom stereocenters. The van der Waals surface area contributed by atoms with Crippen LogP contribution in [-0.2, 0) is 9.59 Å². The number of aryl methyl sites for hydroxylation is 1. The highest BCUT2D eigenvalue weighted by atomic mass is 16.5. The zero-order chi connectivity index (χ0) is 19.9. The normalized spacial score (nSPS) is 15.7. The maximum absolute atomic E-state index is 12.7. The van der Waals surface area contributed by atoms with Crippen LogP contribution in [0.1, 0.15) is 12.5 Å². The second kappa shape index (κ2) is 9.37. The van der Waals surface area contributed by atoms with E-state index in [1.54, 1.807) is 6.92 Å². The van der Waals surface area contributed by atoms with Crippen LogP contribution in [0.3, 0.4) is 0 Å². The van der Waals surface area contributed by atoms with Crippen molar-refractivity contribution >= 4 is 17.5 Å². The molecule has 6 heteroatoms. The number of nitrogens with zero attached hydrogens (tertiary/aromatic N) is 2. The number of ether oxygens (including phenoxy) is 1. The van der Waals surface area contributed by atoms with Crippen LogP contribution < -0.4 is 10.1 Å². The number of para-hydroxylation sites is 1. The van der Waals surface area contributed by atoms with E-state index in [-0.39, 0.29) is 11.8 Å². The molecule has 1 unspecified atom stereocenters. The number of carbonyl (C=O) groups is 2. The van der Waals surface area contributed by atoms with E-state index in [0.717, 1.165) is 11.3 Å². The number of benzene rings is 2. The van der Waals surface area contributed by atoms with Crippen LogP contribution in [-0.4, -0.2) is 60.4 Å². The van der Waals surface area contributed by atoms with Gasteiger partial charge in [0.15, 0.2) is 6.10 Å². The van der Waals surface area contributed by atoms with Gasteiger partial charge in [-0.25, -0.2) is 0 Å². The van der Waals surface area contributed by atoms with Crippen LogP contribution in [0.5, 0.6) is 5.75 Å². The molecular weight excluding hydrogens is 354 g/mol. The third-order valence-electron chi connectivity index (χ3n) is 4.76. The molecule has 1 fully saturated rings. The lowest BCUT2D eigenvalue weighted by molar-refractivity contribution is -0.139. The molecule has 2 amide bonds. The van der Waals surface area contributed by atoms with Crippen LogP contribution >= 0.6 is 0 Å². The number of hydrogen-bond acceptors (Lipinski definition) is 4. The molecule has 0 spiro atoms. The second-order valence-electron chi connectivity index (χ2n) is 7.09. The minimum atomic E-state index is -0.533. The van der Waals surface area contributed by atoms with Crippen LogP contribution in [0, 0.1) is 6.92 Å². The summed E-state index contributed by atoms with van der Waals surface area (Å²) in [4.78, 5) is 28.7. The van der Waals surface area contributed by atoms with Gasteiger partial charge in [0.2, 0.25) is 5.91 Å². The van der Waals surface area contributed by atoms with Crippen molar-refractivity contribution in [3.8, 4) is 5.75 Å². The Morgan fingerprint density at radius 1 is 1.04 bits per heavy atom. The van der Waals surface area contributed by atoms with Crippen LogP contribution in [0.4, 0.5) is 5.69 Å². The summed E-state index contributed by atoms with van der Waals surface area (Å²) in [5.41, 5.74) is 1.89. The molecule has 2 aromatic rings. The first-order valence-electron chi connectivity index (χ1n) is 9.60. The summed E-state index contributed by atoms with van der Waals surface area (Å²) in [7, 11) is 0. The van der Waals surface area contributed by atoms with Crippen molar-refractivity contribution in [3.63, 3.8) is 0 Å². The van der Waals surface area contributed by atoms with Crippen LogP contribution in [0.2, 0.25) is 0 Å². The van der Waals surface area contributed by atoms with Gasteiger partial charge < -0.3 is 15.0 Å². The molecule has 1 aliphatic rings. The lowest BCUT2D eigenvalue weighted by Gasteiger charge is -2.35. The Morgan fingerprint density at radius 3 is 2.43 bits per heavy atom. The first-order chi connectivity index (χ1) is 13.5. The first-order valence-corrected chi connectivity index (χ1v) is 9.60. The van der Waals surface area contributed by atoms with Gasteiger partial charge in [-0.2, -0.15) is 0 Å². The van der Waals surface area contributed by atoms with Gasteiger partial charge in [0.05, 0.1) is 6.54 Å². The fourth-order valence-corrected chi connectivity index (χ4v) is 3.25. The zero-order valence-electron chi connectivity index (χ0n) is 16.4. The SMILES string of the molecule is Cc1cccc(OC(C)C(=O)N2CCN(CC(=O)Nc3ccccc3)CC2)c1. The number of rotatable bonds is 6. The maximum Gasteiger partial charge on any atom is 0.263 e. The molecule has 1 heterocycles. The third-order valence-corrected chi connectivity index (χ3v) is 4.76. The van der Waals surface area contributed by atoms with Crippen molar-refractivity contribution < 1.29 is 14.3 Å². The highest BCUT2D eigenvalue weighted by Crippen LogP contribution is 2.15. The molecule has 1 saturated heterocycles. The Hall–Kier alpha value is -2.86. The van der Waals surface area contributed by atoms with Crippen molar-refractivity contribution in [1.82, 2.24) is 9.80 Å². The Labute approximate surface area is 166 Å². The topological polar surface area (TPSA) is 61.9 Å². The summed E-state index contributed by atoms with van der Waals surface area (Å²) in [6, 6.07) is 17.1. The average Bonchev–Trinajstić information content (AvgIpc) is 2.68. The lowest BCUT2D eigenvalue weighted by Crippen LogP contribution is -2.53. The molecule has 0 bridgehead atoms. The van der Waals surface area contributed by atoms with E-state index in [1.807, 2.05) is 66.4 Å². The zero-order valence-corrected chi connectivity index (χ0v) is 16.4. The van der Waals surface area contributed by atoms with Crippen LogP contribution in [0.25, 0.3) is 0 Å². The van der Waals surface area contributed by atoms with E-state index in [2.05, 4.69) is 10.2 Å². The van der Waals surface area contributed by atoms with Gasteiger partial charge >= 0.3 is 0 Å². The molecule has 0 aromatic heterocycles. The number of nitrogens with one attached hydrogen (secondary N) is 1. The Balaban J connectivity index is 1.44. The summed E-state index contributed by atoms with van der Waals surface area (Å²) in [5, 5.41) is 2.89. The summed E-state index contributed by atoms with van der Waals surface area (Å²) in [6.07, 6.45) is -0.533. The highest BCUT2D eigenvalue weighted by Gasteiger charge is 2.26. The van der Waals surface area contributed by atoms with E-state index in [1.165, 1.54) is 0 Å². The van der Waals surface area contributed by atoms with Crippen LogP contribution in [0.15, 0.2) is 54.6 Å². The molecule has 6 nitrogen and oxygen atoms in total. The number of piperazine rings is 1. The van der Waals surface area contributed by atoms with Crippen molar-refractivity contribution in [2.75, 3.05) is 38.0 Å². The standard InChI is InChI=1S/C22H27N3O3/c1-17-7-6-10-20(15-17)28-18(2)22(27)25-13-11-24(12-14-25)16-21(26)23-19-8-4-3-5-9-19/h3-10,15,18H,11-14,16H2,1-2H3,(H,23,26). The van der Waals surface area contributed by atoms with Gasteiger partial charge in [-0.05, 0) is 43.7 Å². The molecule has 0 saturated carbocycles. The van der Waals surface area contributed by atoms with Crippen molar-refractivity contribution in [3.05, 3.63) is 60.2 Å². The molecule has 0 radical (unpaired) electrons. The quantitative estimate of drug-likeness (QED) is 0.835. The van der Waals surface area contributed by atoms with E-state index >= 15 is 0 Å². The van der Waals surface area contributed by atoms with Crippen molar-refractivity contribution in [2.45, 2.75) is 20.0 Å². The number of carbonyl (C=O) groups excluding carboxylic acids is 2. The predicted molar refractivity (Wildman–Crippen MR) is 109 cm³/mol. The fourth-order valence-electron chi connectivity index (χ4n) is 3.25. The third kappa shape index (κ3) is 5.57.